The summed E-state index contributed by atoms with van der Waals surface area (Å²) in [7, 11) is 0. The van der Waals surface area contributed by atoms with Gasteiger partial charge in [0.15, 0.2) is 0 Å². The molecule has 0 radical (unpaired) electrons. The summed E-state index contributed by atoms with van der Waals surface area (Å²) in [5.74, 6) is -0.0525. The number of carbonyl (C=O) groups is 1. The van der Waals surface area contributed by atoms with Gasteiger partial charge in [0.25, 0.3) is 0 Å². The van der Waals surface area contributed by atoms with E-state index in [0.29, 0.717) is 17.7 Å². The topological polar surface area (TPSA) is 29.5 Å². The van der Waals surface area contributed by atoms with Gasteiger partial charge in [-0.15, -0.1) is 0 Å². The van der Waals surface area contributed by atoms with Gasteiger partial charge in [-0.05, 0) is 56.2 Å². The van der Waals surface area contributed by atoms with Crippen molar-refractivity contribution in [3.63, 3.8) is 0 Å². The average molecular weight is 377 g/mol. The largest absolute Gasteiger partial charge is 0.457 e. The van der Waals surface area contributed by atoms with Crippen LogP contribution in [-0.4, -0.2) is 25.0 Å². The molecule has 1 fully saturated rings. The minimum atomic E-state index is -4.25. The fourth-order valence-corrected chi connectivity index (χ4v) is 3.55. The first-order valence-electron chi connectivity index (χ1n) is 8.90. The quantitative estimate of drug-likeness (QED) is 0.650. The van der Waals surface area contributed by atoms with Crippen LogP contribution in [0.5, 0.6) is 11.5 Å². The van der Waals surface area contributed by atoms with Crippen molar-refractivity contribution in [3.05, 3.63) is 53.6 Å². The molecule has 2 unspecified atom stereocenters. The highest BCUT2D eigenvalue weighted by atomic mass is 19.4. The van der Waals surface area contributed by atoms with Gasteiger partial charge >= 0.3 is 6.18 Å². The predicted octanol–water partition coefficient (Wildman–Crippen LogP) is 5.44. The maximum atomic E-state index is 13.1. The van der Waals surface area contributed by atoms with Crippen LogP contribution in [0, 0.1) is 19.8 Å². The minimum Gasteiger partial charge on any atom is -0.457 e. The van der Waals surface area contributed by atoms with Gasteiger partial charge in [-0.25, -0.2) is 0 Å². The molecular formula is C21H22F3NO2. The molecular weight excluding hydrogens is 355 g/mol. The zero-order chi connectivity index (χ0) is 19.6. The Labute approximate surface area is 156 Å². The van der Waals surface area contributed by atoms with Crippen molar-refractivity contribution < 1.29 is 22.7 Å². The zero-order valence-corrected chi connectivity index (χ0v) is 15.3. The number of aldehydes is 1. The lowest BCUT2D eigenvalue weighted by atomic mass is 10.0. The van der Waals surface area contributed by atoms with Crippen LogP contribution >= 0.6 is 0 Å². The molecule has 0 aromatic heterocycles. The summed E-state index contributed by atoms with van der Waals surface area (Å²) in [4.78, 5) is 12.6. The van der Waals surface area contributed by atoms with Crippen LogP contribution in [0.3, 0.4) is 0 Å². The molecule has 0 saturated carbocycles. The van der Waals surface area contributed by atoms with Crippen molar-refractivity contribution in [3.8, 4) is 11.5 Å². The number of carbonyl (C=O) groups excluding carboxylic acids is 1. The molecule has 0 bridgehead atoms. The standard InChI is InChI=1S/C21H22F3NO2/c1-14-3-8-20(15(2)11-14)27-19-6-4-17(5-7-19)25-13-16(21(22,23)24)12-18(25)9-10-26/h3-8,10-11,16,18H,9,12-13H2,1-2H3. The van der Waals surface area contributed by atoms with E-state index in [0.717, 1.165) is 16.9 Å². The van der Waals surface area contributed by atoms with E-state index < -0.39 is 18.1 Å². The Bertz CT molecular complexity index is 802. The van der Waals surface area contributed by atoms with Crippen LogP contribution in [0.1, 0.15) is 24.0 Å². The van der Waals surface area contributed by atoms with E-state index >= 15 is 0 Å². The lowest BCUT2D eigenvalue weighted by Gasteiger charge is -2.25. The third-order valence-electron chi connectivity index (χ3n) is 4.97. The number of nitrogens with zero attached hydrogens (tertiary/aromatic N) is 1. The first-order chi connectivity index (χ1) is 12.8. The van der Waals surface area contributed by atoms with Gasteiger partial charge in [-0.3, -0.25) is 0 Å². The van der Waals surface area contributed by atoms with Crippen LogP contribution in [0.2, 0.25) is 0 Å². The number of hydrogen-bond acceptors (Lipinski definition) is 3. The van der Waals surface area contributed by atoms with Crippen molar-refractivity contribution >= 4 is 12.0 Å². The average Bonchev–Trinajstić information content (AvgIpc) is 3.03. The minimum absolute atomic E-state index is 0.0525. The number of halogens is 3. The van der Waals surface area contributed by atoms with Crippen LogP contribution in [0.25, 0.3) is 0 Å². The molecule has 1 aliphatic rings. The van der Waals surface area contributed by atoms with Gasteiger partial charge in [0.2, 0.25) is 0 Å². The molecule has 144 valence electrons. The number of ether oxygens (including phenoxy) is 1. The normalized spacial score (nSPS) is 20.0. The summed E-state index contributed by atoms with van der Waals surface area (Å²) in [6, 6.07) is 12.4. The predicted molar refractivity (Wildman–Crippen MR) is 98.4 cm³/mol. The molecule has 6 heteroatoms. The fourth-order valence-electron chi connectivity index (χ4n) is 3.55. The van der Waals surface area contributed by atoms with Crippen molar-refractivity contribution in [1.82, 2.24) is 0 Å². The summed E-state index contributed by atoms with van der Waals surface area (Å²) >= 11 is 0. The van der Waals surface area contributed by atoms with Gasteiger partial charge in [0, 0.05) is 24.7 Å². The van der Waals surface area contributed by atoms with Crippen molar-refractivity contribution in [2.45, 2.75) is 38.9 Å². The highest BCUT2D eigenvalue weighted by Crippen LogP contribution is 2.40. The third-order valence-corrected chi connectivity index (χ3v) is 4.97. The number of anilines is 1. The Morgan fingerprint density at radius 1 is 1.15 bits per heavy atom. The van der Waals surface area contributed by atoms with Crippen LogP contribution in [0.4, 0.5) is 18.9 Å². The molecule has 1 heterocycles. The van der Waals surface area contributed by atoms with Gasteiger partial charge in [0.1, 0.15) is 17.8 Å². The summed E-state index contributed by atoms with van der Waals surface area (Å²) < 4.78 is 45.2. The number of rotatable bonds is 5. The Balaban J connectivity index is 1.76. The van der Waals surface area contributed by atoms with E-state index in [1.165, 1.54) is 0 Å². The zero-order valence-electron chi connectivity index (χ0n) is 15.3. The molecule has 1 aliphatic heterocycles. The van der Waals surface area contributed by atoms with Gasteiger partial charge < -0.3 is 14.4 Å². The maximum absolute atomic E-state index is 13.1. The van der Waals surface area contributed by atoms with E-state index in [9.17, 15) is 18.0 Å². The van der Waals surface area contributed by atoms with E-state index in [2.05, 4.69) is 0 Å². The van der Waals surface area contributed by atoms with Crippen LogP contribution in [-0.2, 0) is 4.79 Å². The van der Waals surface area contributed by atoms with Crippen LogP contribution < -0.4 is 9.64 Å². The second-order valence-electron chi connectivity index (χ2n) is 7.05. The van der Waals surface area contributed by atoms with Gasteiger partial charge in [-0.1, -0.05) is 17.7 Å². The Morgan fingerprint density at radius 2 is 1.85 bits per heavy atom. The summed E-state index contributed by atoms with van der Waals surface area (Å²) in [6.07, 6.45) is -3.52. The first kappa shape index (κ1) is 19.3. The fraction of sp³-hybridized carbons (Fsp3) is 0.381. The third kappa shape index (κ3) is 4.43. The Kier molecular flexibility index (Phi) is 5.44. The van der Waals surface area contributed by atoms with Crippen molar-refractivity contribution in [1.29, 1.82) is 0 Å². The van der Waals surface area contributed by atoms with Crippen molar-refractivity contribution in [2.75, 3.05) is 11.4 Å². The molecule has 0 N–H and O–H groups in total. The number of benzene rings is 2. The summed E-state index contributed by atoms with van der Waals surface area (Å²) in [6.45, 7) is 3.84. The Hall–Kier alpha value is -2.50. The summed E-state index contributed by atoms with van der Waals surface area (Å²) in [5.41, 5.74) is 2.82. The molecule has 0 spiro atoms. The highest BCUT2D eigenvalue weighted by molar-refractivity contribution is 5.57. The van der Waals surface area contributed by atoms with Gasteiger partial charge in [0.05, 0.1) is 5.92 Å². The van der Waals surface area contributed by atoms with Gasteiger partial charge in [-0.2, -0.15) is 13.2 Å². The summed E-state index contributed by atoms with van der Waals surface area (Å²) in [5, 5.41) is 0. The maximum Gasteiger partial charge on any atom is 0.393 e. The molecule has 3 rings (SSSR count). The second kappa shape index (κ2) is 7.62. The second-order valence-corrected chi connectivity index (χ2v) is 7.05. The molecule has 27 heavy (non-hydrogen) atoms. The molecule has 1 saturated heterocycles. The molecule has 2 aromatic rings. The van der Waals surface area contributed by atoms with E-state index in [4.69, 9.17) is 4.74 Å². The lowest BCUT2D eigenvalue weighted by Crippen LogP contribution is -2.30. The smallest absolute Gasteiger partial charge is 0.393 e. The van der Waals surface area contributed by atoms with Crippen LogP contribution in [0.15, 0.2) is 42.5 Å². The lowest BCUT2D eigenvalue weighted by molar-refractivity contribution is -0.168. The number of hydrogen-bond donors (Lipinski definition) is 0. The van der Waals surface area contributed by atoms with E-state index in [-0.39, 0.29) is 19.4 Å². The SMILES string of the molecule is Cc1ccc(Oc2ccc(N3CC(C(F)(F)F)CC3CC=O)cc2)c(C)c1. The molecule has 3 nitrogen and oxygen atoms in total. The molecule has 2 atom stereocenters. The first-order valence-corrected chi connectivity index (χ1v) is 8.90. The number of aryl methyl sites for hydroxylation is 2. The molecule has 2 aromatic carbocycles. The number of alkyl halides is 3. The van der Waals surface area contributed by atoms with E-state index in [1.807, 2.05) is 32.0 Å². The van der Waals surface area contributed by atoms with E-state index in [1.54, 1.807) is 29.2 Å². The monoisotopic (exact) mass is 377 g/mol. The molecule has 0 amide bonds. The van der Waals surface area contributed by atoms with Crippen molar-refractivity contribution in [2.24, 2.45) is 5.92 Å². The molecule has 0 aliphatic carbocycles. The highest BCUT2D eigenvalue weighted by Gasteiger charge is 2.47. The Morgan fingerprint density at radius 3 is 2.44 bits per heavy atom.